The molecule has 1 unspecified atom stereocenters. The van der Waals surface area contributed by atoms with Gasteiger partial charge in [-0.1, -0.05) is 19.1 Å². The summed E-state index contributed by atoms with van der Waals surface area (Å²) in [5.74, 6) is -0.299. The van der Waals surface area contributed by atoms with Gasteiger partial charge in [-0.05, 0) is 61.1 Å². The van der Waals surface area contributed by atoms with E-state index in [1.54, 1.807) is 12.1 Å². The number of aliphatic hydroxyl groups excluding tert-OH is 1. The lowest BCUT2D eigenvalue weighted by Gasteiger charge is -2.44. The number of hydrogen-bond donors (Lipinski definition) is 3. The number of aromatic hydroxyl groups is 1. The third-order valence-corrected chi connectivity index (χ3v) is 5.02. The summed E-state index contributed by atoms with van der Waals surface area (Å²) in [5.41, 5.74) is 1.05. The molecule has 4 heteroatoms. The van der Waals surface area contributed by atoms with Crippen LogP contribution >= 0.6 is 0 Å². The molecule has 0 heterocycles. The maximum Gasteiger partial charge on any atom is 0.303 e. The van der Waals surface area contributed by atoms with E-state index in [0.29, 0.717) is 6.42 Å². The van der Waals surface area contributed by atoms with E-state index in [1.165, 1.54) is 0 Å². The first-order chi connectivity index (χ1) is 9.94. The molecule has 4 nitrogen and oxygen atoms in total. The van der Waals surface area contributed by atoms with Gasteiger partial charge in [-0.15, -0.1) is 0 Å². The van der Waals surface area contributed by atoms with Crippen molar-refractivity contribution in [2.75, 3.05) is 0 Å². The van der Waals surface area contributed by atoms with Gasteiger partial charge in [0.05, 0.1) is 6.10 Å². The van der Waals surface area contributed by atoms with Gasteiger partial charge in [0.25, 0.3) is 0 Å². The predicted octanol–water partition coefficient (Wildman–Crippen LogP) is 3.07. The van der Waals surface area contributed by atoms with E-state index in [4.69, 9.17) is 5.11 Å². The van der Waals surface area contributed by atoms with Gasteiger partial charge in [0.1, 0.15) is 5.75 Å². The molecule has 1 aliphatic carbocycles. The number of aliphatic hydroxyl groups is 1. The van der Waals surface area contributed by atoms with Gasteiger partial charge in [-0.25, -0.2) is 0 Å². The Morgan fingerprint density at radius 1 is 1.29 bits per heavy atom. The Hall–Kier alpha value is -1.55. The maximum absolute atomic E-state index is 10.9. The topological polar surface area (TPSA) is 77.8 Å². The molecule has 1 aliphatic rings. The molecule has 0 amide bonds. The number of benzene rings is 1. The summed E-state index contributed by atoms with van der Waals surface area (Å²) in [6.07, 6.45) is 3.77. The fourth-order valence-corrected chi connectivity index (χ4v) is 3.59. The van der Waals surface area contributed by atoms with E-state index in [9.17, 15) is 15.0 Å². The molecule has 0 spiro atoms. The van der Waals surface area contributed by atoms with E-state index < -0.39 is 5.97 Å². The van der Waals surface area contributed by atoms with E-state index in [-0.39, 0.29) is 29.6 Å². The van der Waals surface area contributed by atoms with Crippen LogP contribution in [0.2, 0.25) is 0 Å². The van der Waals surface area contributed by atoms with Crippen LogP contribution in [0, 0.1) is 5.92 Å². The molecule has 1 atom stereocenters. The lowest BCUT2D eigenvalue weighted by Crippen LogP contribution is -2.39. The summed E-state index contributed by atoms with van der Waals surface area (Å²) < 4.78 is 0. The van der Waals surface area contributed by atoms with Crippen LogP contribution in [-0.2, 0) is 10.2 Å². The van der Waals surface area contributed by atoms with Crippen LogP contribution in [0.25, 0.3) is 0 Å². The highest BCUT2D eigenvalue weighted by Crippen LogP contribution is 2.47. The molecular formula is C17H24O4. The zero-order valence-electron chi connectivity index (χ0n) is 12.5. The molecule has 116 valence electrons. The minimum absolute atomic E-state index is 0.0949. The number of phenols is 1. The first-order valence-corrected chi connectivity index (χ1v) is 7.63. The lowest BCUT2D eigenvalue weighted by atomic mass is 9.61. The SMILES string of the molecule is CC(CCC(=O)O)C1(c2ccc(O)cc2)CCC(O)CC1. The zero-order valence-corrected chi connectivity index (χ0v) is 12.5. The lowest BCUT2D eigenvalue weighted by molar-refractivity contribution is -0.137. The van der Waals surface area contributed by atoms with Crippen molar-refractivity contribution in [3.8, 4) is 5.75 Å². The molecule has 1 aromatic rings. The Morgan fingerprint density at radius 3 is 2.38 bits per heavy atom. The van der Waals surface area contributed by atoms with Gasteiger partial charge in [0.15, 0.2) is 0 Å². The summed E-state index contributed by atoms with van der Waals surface area (Å²) in [4.78, 5) is 10.9. The maximum atomic E-state index is 10.9. The normalized spacial score (nSPS) is 27.2. The average molecular weight is 292 g/mol. The number of carboxylic acid groups (broad SMARTS) is 1. The molecule has 0 bridgehead atoms. The molecule has 2 rings (SSSR count). The van der Waals surface area contributed by atoms with Crippen molar-refractivity contribution in [3.05, 3.63) is 29.8 Å². The molecule has 0 radical (unpaired) electrons. The molecule has 1 saturated carbocycles. The highest BCUT2D eigenvalue weighted by atomic mass is 16.4. The smallest absolute Gasteiger partial charge is 0.303 e. The Kier molecular flexibility index (Phi) is 4.88. The molecule has 3 N–H and O–H groups in total. The largest absolute Gasteiger partial charge is 0.508 e. The Labute approximate surface area is 125 Å². The number of phenolic OH excluding ortho intramolecular Hbond substituents is 1. The van der Waals surface area contributed by atoms with E-state index >= 15 is 0 Å². The van der Waals surface area contributed by atoms with E-state index in [2.05, 4.69) is 6.92 Å². The van der Waals surface area contributed by atoms with Crippen LogP contribution in [0.15, 0.2) is 24.3 Å². The Balaban J connectivity index is 2.25. The van der Waals surface area contributed by atoms with Crippen LogP contribution in [0.1, 0.15) is 51.0 Å². The number of rotatable bonds is 5. The molecule has 0 aliphatic heterocycles. The number of aliphatic carboxylic acids is 1. The summed E-state index contributed by atoms with van der Waals surface area (Å²) >= 11 is 0. The van der Waals surface area contributed by atoms with Crippen LogP contribution < -0.4 is 0 Å². The average Bonchev–Trinajstić information content (AvgIpc) is 2.47. The molecule has 1 aromatic carbocycles. The zero-order chi connectivity index (χ0) is 15.5. The first-order valence-electron chi connectivity index (χ1n) is 7.63. The highest BCUT2D eigenvalue weighted by molar-refractivity contribution is 5.66. The minimum atomic E-state index is -0.765. The fourth-order valence-electron chi connectivity index (χ4n) is 3.59. The third-order valence-electron chi connectivity index (χ3n) is 5.02. The van der Waals surface area contributed by atoms with Gasteiger partial charge >= 0.3 is 5.97 Å². The standard InChI is InChI=1S/C17H24O4/c1-12(2-7-16(20)21)17(10-8-15(19)9-11-17)13-3-5-14(18)6-4-13/h3-6,12,15,18-19H,2,7-11H2,1H3,(H,20,21). The first kappa shape index (κ1) is 15.8. The number of carbonyl (C=O) groups is 1. The summed E-state index contributed by atoms with van der Waals surface area (Å²) in [6, 6.07) is 7.24. The van der Waals surface area contributed by atoms with Crippen molar-refractivity contribution < 1.29 is 20.1 Å². The second-order valence-electron chi connectivity index (χ2n) is 6.27. The second kappa shape index (κ2) is 6.48. The van der Waals surface area contributed by atoms with Gasteiger partial charge in [-0.3, -0.25) is 4.79 Å². The van der Waals surface area contributed by atoms with Crippen molar-refractivity contribution in [2.24, 2.45) is 5.92 Å². The second-order valence-corrected chi connectivity index (χ2v) is 6.27. The van der Waals surface area contributed by atoms with Crippen molar-refractivity contribution in [1.82, 2.24) is 0 Å². The quantitative estimate of drug-likeness (QED) is 0.779. The van der Waals surface area contributed by atoms with Crippen molar-refractivity contribution >= 4 is 5.97 Å². The third kappa shape index (κ3) is 3.56. The molecule has 0 saturated heterocycles. The van der Waals surface area contributed by atoms with Crippen LogP contribution in [0.3, 0.4) is 0 Å². The predicted molar refractivity (Wildman–Crippen MR) is 80.3 cm³/mol. The fraction of sp³-hybridized carbons (Fsp3) is 0.588. The number of hydrogen-bond acceptors (Lipinski definition) is 3. The van der Waals surface area contributed by atoms with Crippen LogP contribution in [-0.4, -0.2) is 27.4 Å². The molecule has 1 fully saturated rings. The van der Waals surface area contributed by atoms with Crippen molar-refractivity contribution in [1.29, 1.82) is 0 Å². The van der Waals surface area contributed by atoms with Crippen molar-refractivity contribution in [3.63, 3.8) is 0 Å². The van der Waals surface area contributed by atoms with E-state index in [1.807, 2.05) is 12.1 Å². The van der Waals surface area contributed by atoms with Gasteiger partial charge in [0.2, 0.25) is 0 Å². The monoisotopic (exact) mass is 292 g/mol. The van der Waals surface area contributed by atoms with Gasteiger partial charge in [0, 0.05) is 6.42 Å². The van der Waals surface area contributed by atoms with Crippen LogP contribution in [0.4, 0.5) is 0 Å². The van der Waals surface area contributed by atoms with E-state index in [0.717, 1.165) is 31.2 Å². The van der Waals surface area contributed by atoms with Gasteiger partial charge < -0.3 is 15.3 Å². The molecule has 0 aromatic heterocycles. The highest BCUT2D eigenvalue weighted by Gasteiger charge is 2.40. The Morgan fingerprint density at radius 2 is 1.86 bits per heavy atom. The van der Waals surface area contributed by atoms with Crippen LogP contribution in [0.5, 0.6) is 5.75 Å². The van der Waals surface area contributed by atoms with Gasteiger partial charge in [-0.2, -0.15) is 0 Å². The molecular weight excluding hydrogens is 268 g/mol. The molecule has 21 heavy (non-hydrogen) atoms. The number of carboxylic acids is 1. The summed E-state index contributed by atoms with van der Waals surface area (Å²) in [5, 5.41) is 28.2. The summed E-state index contributed by atoms with van der Waals surface area (Å²) in [7, 11) is 0. The minimum Gasteiger partial charge on any atom is -0.508 e. The summed E-state index contributed by atoms with van der Waals surface area (Å²) in [6.45, 7) is 2.10. The van der Waals surface area contributed by atoms with Crippen molar-refractivity contribution in [2.45, 2.75) is 57.0 Å². The Bertz CT molecular complexity index is 472.